The number of hydrogen-bond donors (Lipinski definition) is 1. The molecule has 1 aromatic heterocycles. The Morgan fingerprint density at radius 1 is 1.04 bits per heavy atom. The summed E-state index contributed by atoms with van der Waals surface area (Å²) in [6, 6.07) is 19.7. The van der Waals surface area contributed by atoms with E-state index in [-0.39, 0.29) is 5.54 Å². The summed E-state index contributed by atoms with van der Waals surface area (Å²) in [5.41, 5.74) is 4.47. The molecule has 0 saturated heterocycles. The summed E-state index contributed by atoms with van der Waals surface area (Å²) in [7, 11) is 2.28. The van der Waals surface area contributed by atoms with Gasteiger partial charge in [-0.3, -0.25) is 4.90 Å². The molecule has 0 amide bonds. The first-order chi connectivity index (χ1) is 13.1. The van der Waals surface area contributed by atoms with Gasteiger partial charge in [-0.2, -0.15) is 0 Å². The lowest BCUT2D eigenvalue weighted by Crippen LogP contribution is -2.53. The third-order valence-corrected chi connectivity index (χ3v) is 6.56. The molecule has 0 bridgehead atoms. The molecule has 1 aliphatic carbocycles. The third-order valence-electron chi connectivity index (χ3n) is 5.65. The van der Waals surface area contributed by atoms with Crippen LogP contribution < -0.4 is 5.32 Å². The van der Waals surface area contributed by atoms with Crippen molar-refractivity contribution in [2.75, 3.05) is 13.6 Å². The largest absolute Gasteiger partial charge is 0.310 e. The molecule has 0 spiro atoms. The SMILES string of the molecule is Cc1ncc(CNCC2(N(C)Cc3ccccc3)Cc3ccccc3C2)s1. The summed E-state index contributed by atoms with van der Waals surface area (Å²) in [5.74, 6) is 0. The summed E-state index contributed by atoms with van der Waals surface area (Å²) in [4.78, 5) is 8.23. The van der Waals surface area contributed by atoms with Crippen LogP contribution in [0.1, 0.15) is 26.6 Å². The van der Waals surface area contributed by atoms with E-state index in [9.17, 15) is 0 Å². The Balaban J connectivity index is 1.50. The molecule has 1 aliphatic rings. The van der Waals surface area contributed by atoms with Gasteiger partial charge < -0.3 is 5.32 Å². The minimum atomic E-state index is 0.110. The molecule has 1 heterocycles. The second-order valence-corrected chi connectivity index (χ2v) is 8.96. The van der Waals surface area contributed by atoms with Gasteiger partial charge in [-0.1, -0.05) is 54.6 Å². The Bertz CT molecular complexity index is 862. The second-order valence-electron chi connectivity index (χ2n) is 7.64. The van der Waals surface area contributed by atoms with Gasteiger partial charge in [0.2, 0.25) is 0 Å². The number of hydrogen-bond acceptors (Lipinski definition) is 4. The molecule has 3 aromatic rings. The van der Waals surface area contributed by atoms with Crippen molar-refractivity contribution >= 4 is 11.3 Å². The van der Waals surface area contributed by atoms with Crippen molar-refractivity contribution in [1.29, 1.82) is 0 Å². The Hall–Kier alpha value is -2.01. The highest BCUT2D eigenvalue weighted by Crippen LogP contribution is 2.34. The maximum Gasteiger partial charge on any atom is 0.0897 e. The summed E-state index contributed by atoms with van der Waals surface area (Å²) in [6.45, 7) is 4.90. The zero-order chi connectivity index (χ0) is 18.7. The Labute approximate surface area is 166 Å². The first-order valence-electron chi connectivity index (χ1n) is 9.59. The van der Waals surface area contributed by atoms with Crippen molar-refractivity contribution < 1.29 is 0 Å². The van der Waals surface area contributed by atoms with Crippen molar-refractivity contribution in [3.63, 3.8) is 0 Å². The van der Waals surface area contributed by atoms with Crippen LogP contribution in [-0.4, -0.2) is 29.0 Å². The number of aromatic nitrogens is 1. The van der Waals surface area contributed by atoms with Gasteiger partial charge in [-0.15, -0.1) is 11.3 Å². The van der Waals surface area contributed by atoms with Crippen LogP contribution in [0, 0.1) is 6.92 Å². The lowest BCUT2D eigenvalue weighted by atomic mass is 9.92. The fraction of sp³-hybridized carbons (Fsp3) is 0.348. The van der Waals surface area contributed by atoms with Gasteiger partial charge in [-0.05, 0) is 43.5 Å². The number of nitrogens with one attached hydrogen (secondary N) is 1. The molecule has 0 unspecified atom stereocenters. The highest BCUT2D eigenvalue weighted by Gasteiger charge is 2.40. The van der Waals surface area contributed by atoms with Gasteiger partial charge in [0, 0.05) is 36.2 Å². The van der Waals surface area contributed by atoms with Gasteiger partial charge >= 0.3 is 0 Å². The van der Waals surface area contributed by atoms with Crippen LogP contribution >= 0.6 is 11.3 Å². The standard InChI is InChI=1S/C23H27N3S/c1-18-25-15-22(27-18)14-24-17-23(12-20-10-6-7-11-21(20)13-23)26(2)16-19-8-4-3-5-9-19/h3-11,15,24H,12-14,16-17H2,1-2H3. The number of thiazole rings is 1. The van der Waals surface area contributed by atoms with Crippen molar-refractivity contribution in [3.05, 3.63) is 87.4 Å². The first-order valence-corrected chi connectivity index (χ1v) is 10.4. The van der Waals surface area contributed by atoms with Crippen LogP contribution in [0.15, 0.2) is 60.8 Å². The van der Waals surface area contributed by atoms with E-state index in [1.54, 1.807) is 11.3 Å². The molecule has 1 N–H and O–H groups in total. The molecule has 27 heavy (non-hydrogen) atoms. The van der Waals surface area contributed by atoms with Crippen LogP contribution in [0.2, 0.25) is 0 Å². The van der Waals surface area contributed by atoms with Gasteiger partial charge in [0.05, 0.1) is 5.01 Å². The maximum absolute atomic E-state index is 4.38. The second kappa shape index (κ2) is 7.93. The Morgan fingerprint density at radius 2 is 1.70 bits per heavy atom. The average molecular weight is 378 g/mol. The van der Waals surface area contributed by atoms with Gasteiger partial charge in [0.15, 0.2) is 0 Å². The van der Waals surface area contributed by atoms with E-state index in [0.717, 1.165) is 37.5 Å². The van der Waals surface area contributed by atoms with Crippen molar-refractivity contribution in [2.45, 2.75) is 38.4 Å². The number of nitrogens with zero attached hydrogens (tertiary/aromatic N) is 2. The summed E-state index contributed by atoms with van der Waals surface area (Å²) >= 11 is 1.78. The Kier molecular flexibility index (Phi) is 5.39. The monoisotopic (exact) mass is 377 g/mol. The van der Waals surface area contributed by atoms with Gasteiger partial charge in [-0.25, -0.2) is 4.98 Å². The minimum Gasteiger partial charge on any atom is -0.310 e. The number of fused-ring (bicyclic) bond motifs is 1. The van der Waals surface area contributed by atoms with E-state index >= 15 is 0 Å². The van der Waals surface area contributed by atoms with E-state index in [0.29, 0.717) is 0 Å². The van der Waals surface area contributed by atoms with E-state index < -0.39 is 0 Å². The minimum absolute atomic E-state index is 0.110. The van der Waals surface area contributed by atoms with Crippen molar-refractivity contribution in [2.24, 2.45) is 0 Å². The fourth-order valence-electron chi connectivity index (χ4n) is 4.13. The number of likely N-dealkylation sites (N-methyl/N-ethyl adjacent to an activating group) is 1. The molecule has 4 rings (SSSR count). The highest BCUT2D eigenvalue weighted by atomic mass is 32.1. The molecule has 0 atom stereocenters. The molecule has 0 fully saturated rings. The lowest BCUT2D eigenvalue weighted by molar-refractivity contribution is 0.117. The van der Waals surface area contributed by atoms with Gasteiger partial charge in [0.25, 0.3) is 0 Å². The van der Waals surface area contributed by atoms with Crippen LogP contribution in [0.25, 0.3) is 0 Å². The molecule has 0 aliphatic heterocycles. The van der Waals surface area contributed by atoms with Crippen LogP contribution in [0.5, 0.6) is 0 Å². The molecule has 3 nitrogen and oxygen atoms in total. The van der Waals surface area contributed by atoms with Crippen LogP contribution in [0.3, 0.4) is 0 Å². The topological polar surface area (TPSA) is 28.2 Å². The van der Waals surface area contributed by atoms with E-state index in [4.69, 9.17) is 0 Å². The predicted molar refractivity (Wildman–Crippen MR) is 113 cm³/mol. The Morgan fingerprint density at radius 3 is 2.33 bits per heavy atom. The van der Waals surface area contributed by atoms with E-state index in [2.05, 4.69) is 83.8 Å². The molecular weight excluding hydrogens is 350 g/mol. The number of rotatable bonds is 7. The number of benzene rings is 2. The zero-order valence-electron chi connectivity index (χ0n) is 16.1. The molecular formula is C23H27N3S. The van der Waals surface area contributed by atoms with Crippen molar-refractivity contribution in [3.8, 4) is 0 Å². The predicted octanol–water partition coefficient (Wildman–Crippen LogP) is 4.21. The quantitative estimate of drug-likeness (QED) is 0.668. The van der Waals surface area contributed by atoms with Gasteiger partial charge in [0.1, 0.15) is 0 Å². The van der Waals surface area contributed by atoms with E-state index in [1.807, 2.05) is 6.20 Å². The number of aryl methyl sites for hydroxylation is 1. The molecule has 4 heteroatoms. The fourth-order valence-corrected chi connectivity index (χ4v) is 4.90. The third kappa shape index (κ3) is 4.13. The normalized spacial score (nSPS) is 15.2. The van der Waals surface area contributed by atoms with E-state index in [1.165, 1.54) is 21.6 Å². The zero-order valence-corrected chi connectivity index (χ0v) is 16.9. The summed E-state index contributed by atoms with van der Waals surface area (Å²) in [5, 5.41) is 4.86. The molecule has 0 saturated carbocycles. The van der Waals surface area contributed by atoms with Crippen molar-refractivity contribution in [1.82, 2.24) is 15.2 Å². The molecule has 0 radical (unpaired) electrons. The van der Waals surface area contributed by atoms with Crippen LogP contribution in [-0.2, 0) is 25.9 Å². The average Bonchev–Trinajstić information content (AvgIpc) is 3.26. The highest BCUT2D eigenvalue weighted by molar-refractivity contribution is 7.11. The molecule has 140 valence electrons. The lowest BCUT2D eigenvalue weighted by Gasteiger charge is -2.39. The summed E-state index contributed by atoms with van der Waals surface area (Å²) in [6.07, 6.45) is 4.19. The smallest absolute Gasteiger partial charge is 0.0897 e. The summed E-state index contributed by atoms with van der Waals surface area (Å²) < 4.78 is 0. The molecule has 2 aromatic carbocycles. The van der Waals surface area contributed by atoms with Crippen LogP contribution in [0.4, 0.5) is 0 Å². The first kappa shape index (κ1) is 18.4. The maximum atomic E-state index is 4.38.